The van der Waals surface area contributed by atoms with Gasteiger partial charge in [0.2, 0.25) is 0 Å². The second-order valence-electron chi connectivity index (χ2n) is 4.47. The third kappa shape index (κ3) is 3.75. The molecule has 2 rings (SSSR count). The SMILES string of the molecule is CC1CN(c2ccc(Cl)c(Br)c2)CC(C)N1.Cl. The lowest BCUT2D eigenvalue weighted by Gasteiger charge is -2.37. The Morgan fingerprint density at radius 1 is 1.29 bits per heavy atom. The minimum atomic E-state index is 0. The van der Waals surface area contributed by atoms with Crippen molar-refractivity contribution in [3.8, 4) is 0 Å². The van der Waals surface area contributed by atoms with Crippen LogP contribution in [-0.4, -0.2) is 25.2 Å². The third-order valence-corrected chi connectivity index (χ3v) is 4.04. The van der Waals surface area contributed by atoms with Gasteiger partial charge in [-0.25, -0.2) is 0 Å². The van der Waals surface area contributed by atoms with E-state index >= 15 is 0 Å². The van der Waals surface area contributed by atoms with Gasteiger partial charge in [0, 0.05) is 35.3 Å². The smallest absolute Gasteiger partial charge is 0.0549 e. The first-order valence-electron chi connectivity index (χ1n) is 5.52. The largest absolute Gasteiger partial charge is 0.368 e. The van der Waals surface area contributed by atoms with Crippen molar-refractivity contribution >= 4 is 45.6 Å². The number of halogens is 3. The normalized spacial score (nSPS) is 24.4. The summed E-state index contributed by atoms with van der Waals surface area (Å²) in [5.74, 6) is 0. The Balaban J connectivity index is 0.00000144. The number of benzene rings is 1. The van der Waals surface area contributed by atoms with Gasteiger partial charge in [-0.2, -0.15) is 0 Å². The highest BCUT2D eigenvalue weighted by atomic mass is 79.9. The molecular weight excluding hydrogens is 323 g/mol. The highest BCUT2D eigenvalue weighted by Gasteiger charge is 2.21. The molecule has 1 saturated heterocycles. The van der Waals surface area contributed by atoms with Crippen LogP contribution in [0.1, 0.15) is 13.8 Å². The lowest BCUT2D eigenvalue weighted by Crippen LogP contribution is -2.54. The second kappa shape index (κ2) is 6.28. The Bertz CT molecular complexity index is 377. The van der Waals surface area contributed by atoms with E-state index in [1.54, 1.807) is 0 Å². The summed E-state index contributed by atoms with van der Waals surface area (Å²) in [4.78, 5) is 2.40. The molecule has 2 nitrogen and oxygen atoms in total. The number of rotatable bonds is 1. The molecule has 1 N–H and O–H groups in total. The fourth-order valence-electron chi connectivity index (χ4n) is 2.22. The van der Waals surface area contributed by atoms with Crippen LogP contribution in [0.25, 0.3) is 0 Å². The highest BCUT2D eigenvalue weighted by molar-refractivity contribution is 9.10. The van der Waals surface area contributed by atoms with E-state index < -0.39 is 0 Å². The van der Waals surface area contributed by atoms with E-state index in [2.05, 4.69) is 52.1 Å². The summed E-state index contributed by atoms with van der Waals surface area (Å²) in [5.41, 5.74) is 1.23. The van der Waals surface area contributed by atoms with E-state index in [-0.39, 0.29) is 12.4 Å². The maximum Gasteiger partial charge on any atom is 0.0549 e. The monoisotopic (exact) mass is 338 g/mol. The fourth-order valence-corrected chi connectivity index (χ4v) is 2.70. The van der Waals surface area contributed by atoms with E-state index in [0.29, 0.717) is 12.1 Å². The van der Waals surface area contributed by atoms with Crippen LogP contribution >= 0.6 is 39.9 Å². The molecule has 1 fully saturated rings. The van der Waals surface area contributed by atoms with Gasteiger partial charge < -0.3 is 10.2 Å². The molecule has 0 radical (unpaired) electrons. The Kier molecular flexibility index (Phi) is 5.58. The Morgan fingerprint density at radius 2 is 1.88 bits per heavy atom. The van der Waals surface area contributed by atoms with Crippen LogP contribution in [0.3, 0.4) is 0 Å². The standard InChI is InChI=1S/C12H16BrClN2.ClH/c1-8-6-16(7-9(2)15-8)10-3-4-12(14)11(13)5-10;/h3-5,8-9,15H,6-7H2,1-2H3;1H. The Labute approximate surface area is 122 Å². The molecule has 1 aromatic carbocycles. The summed E-state index contributed by atoms with van der Waals surface area (Å²) >= 11 is 9.47. The van der Waals surface area contributed by atoms with Crippen molar-refractivity contribution in [3.63, 3.8) is 0 Å². The number of nitrogens with one attached hydrogen (secondary N) is 1. The van der Waals surface area contributed by atoms with Gasteiger partial charge in [-0.3, -0.25) is 0 Å². The van der Waals surface area contributed by atoms with Gasteiger partial charge in [-0.05, 0) is 48.0 Å². The summed E-state index contributed by atoms with van der Waals surface area (Å²) in [5, 5.41) is 4.29. The van der Waals surface area contributed by atoms with Gasteiger partial charge >= 0.3 is 0 Å². The topological polar surface area (TPSA) is 15.3 Å². The lowest BCUT2D eigenvalue weighted by molar-refractivity contribution is 0.407. The van der Waals surface area contributed by atoms with Crippen molar-refractivity contribution in [1.82, 2.24) is 5.32 Å². The summed E-state index contributed by atoms with van der Waals surface area (Å²) in [7, 11) is 0. The molecule has 0 aromatic heterocycles. The van der Waals surface area contributed by atoms with Crippen LogP contribution in [-0.2, 0) is 0 Å². The molecule has 0 saturated carbocycles. The summed E-state index contributed by atoms with van der Waals surface area (Å²) in [6.07, 6.45) is 0. The molecule has 0 spiro atoms. The molecule has 17 heavy (non-hydrogen) atoms. The summed E-state index contributed by atoms with van der Waals surface area (Å²) in [6.45, 7) is 6.51. The molecule has 0 bridgehead atoms. The number of nitrogens with zero attached hydrogens (tertiary/aromatic N) is 1. The maximum absolute atomic E-state index is 6.00. The zero-order valence-electron chi connectivity index (χ0n) is 9.91. The van der Waals surface area contributed by atoms with Crippen LogP contribution in [0, 0.1) is 0 Å². The zero-order chi connectivity index (χ0) is 11.7. The molecule has 0 aliphatic carbocycles. The van der Waals surface area contributed by atoms with Gasteiger partial charge in [-0.15, -0.1) is 12.4 Å². The predicted molar refractivity (Wildman–Crippen MR) is 80.7 cm³/mol. The maximum atomic E-state index is 6.00. The summed E-state index contributed by atoms with van der Waals surface area (Å²) in [6, 6.07) is 7.17. The van der Waals surface area contributed by atoms with Crippen molar-refractivity contribution in [2.24, 2.45) is 0 Å². The van der Waals surface area contributed by atoms with Crippen molar-refractivity contribution in [2.45, 2.75) is 25.9 Å². The fraction of sp³-hybridized carbons (Fsp3) is 0.500. The van der Waals surface area contributed by atoms with E-state index in [4.69, 9.17) is 11.6 Å². The van der Waals surface area contributed by atoms with Crippen molar-refractivity contribution < 1.29 is 0 Å². The lowest BCUT2D eigenvalue weighted by atomic mass is 10.1. The van der Waals surface area contributed by atoms with Crippen molar-refractivity contribution in [1.29, 1.82) is 0 Å². The van der Waals surface area contributed by atoms with E-state index in [0.717, 1.165) is 22.6 Å². The molecule has 2 unspecified atom stereocenters. The average molecular weight is 340 g/mol. The van der Waals surface area contributed by atoms with E-state index in [9.17, 15) is 0 Å². The molecule has 1 aliphatic rings. The van der Waals surface area contributed by atoms with E-state index in [1.807, 2.05) is 6.07 Å². The van der Waals surface area contributed by atoms with E-state index in [1.165, 1.54) is 5.69 Å². The van der Waals surface area contributed by atoms with Crippen LogP contribution in [0.2, 0.25) is 5.02 Å². The van der Waals surface area contributed by atoms with Gasteiger partial charge in [0.25, 0.3) is 0 Å². The number of piperazine rings is 1. The minimum Gasteiger partial charge on any atom is -0.368 e. The number of hydrogen-bond acceptors (Lipinski definition) is 2. The molecule has 1 aromatic rings. The van der Waals surface area contributed by atoms with Gasteiger partial charge in [0.1, 0.15) is 0 Å². The zero-order valence-corrected chi connectivity index (χ0v) is 13.1. The minimum absolute atomic E-state index is 0. The van der Waals surface area contributed by atoms with Crippen molar-refractivity contribution in [2.75, 3.05) is 18.0 Å². The number of anilines is 1. The van der Waals surface area contributed by atoms with Gasteiger partial charge in [0.15, 0.2) is 0 Å². The van der Waals surface area contributed by atoms with Crippen LogP contribution in [0.15, 0.2) is 22.7 Å². The first kappa shape index (κ1) is 15.1. The summed E-state index contributed by atoms with van der Waals surface area (Å²) < 4.78 is 0.963. The molecule has 0 amide bonds. The Hall–Kier alpha value is 0.0400. The predicted octanol–water partition coefficient (Wildman–Crippen LogP) is 3.71. The molecule has 1 heterocycles. The number of hydrogen-bond donors (Lipinski definition) is 1. The van der Waals surface area contributed by atoms with Crippen molar-refractivity contribution in [3.05, 3.63) is 27.7 Å². The second-order valence-corrected chi connectivity index (χ2v) is 5.73. The average Bonchev–Trinajstić information content (AvgIpc) is 2.20. The molecule has 2 atom stereocenters. The third-order valence-electron chi connectivity index (χ3n) is 2.83. The molecular formula is C12H17BrCl2N2. The molecule has 96 valence electrons. The highest BCUT2D eigenvalue weighted by Crippen LogP contribution is 2.28. The van der Waals surface area contributed by atoms with Crippen LogP contribution in [0.5, 0.6) is 0 Å². The molecule has 1 aliphatic heterocycles. The van der Waals surface area contributed by atoms with Gasteiger partial charge in [-0.1, -0.05) is 11.6 Å². The molecule has 5 heteroatoms. The van der Waals surface area contributed by atoms with Crippen LogP contribution < -0.4 is 10.2 Å². The van der Waals surface area contributed by atoms with Gasteiger partial charge in [0.05, 0.1) is 5.02 Å². The Morgan fingerprint density at radius 3 is 2.41 bits per heavy atom. The first-order valence-corrected chi connectivity index (χ1v) is 6.69. The van der Waals surface area contributed by atoms with Crippen LogP contribution in [0.4, 0.5) is 5.69 Å². The quantitative estimate of drug-likeness (QED) is 0.839. The first-order chi connectivity index (χ1) is 7.56.